The molecule has 0 fully saturated rings. The summed E-state index contributed by atoms with van der Waals surface area (Å²) in [6, 6.07) is 18.9. The van der Waals surface area contributed by atoms with Gasteiger partial charge in [0, 0.05) is 23.2 Å². The molecular weight excluding hydrogens is 317 g/mol. The summed E-state index contributed by atoms with van der Waals surface area (Å²) in [6.07, 6.45) is 1.75. The van der Waals surface area contributed by atoms with Crippen LogP contribution in [0.4, 0.5) is 4.39 Å². The Morgan fingerprint density at radius 3 is 2.64 bits per heavy atom. The van der Waals surface area contributed by atoms with Gasteiger partial charge in [-0.15, -0.1) is 0 Å². The van der Waals surface area contributed by atoms with Gasteiger partial charge < -0.3 is 0 Å². The normalized spacial score (nSPS) is 10.9. The summed E-state index contributed by atoms with van der Waals surface area (Å²) >= 11 is 0. The fraction of sp³-hybridized carbons (Fsp3) is 0.0500. The minimum atomic E-state index is -0.304. The SMILES string of the molecule is O=c1ccc(-c2ccc(F)cc2)nn1Cc1ccc2ncccc2c1. The molecule has 2 aromatic carbocycles. The third kappa shape index (κ3) is 3.17. The van der Waals surface area contributed by atoms with Gasteiger partial charge in [0.15, 0.2) is 0 Å². The van der Waals surface area contributed by atoms with Gasteiger partial charge in [-0.2, -0.15) is 5.10 Å². The van der Waals surface area contributed by atoms with Crippen LogP contribution in [0.5, 0.6) is 0 Å². The molecule has 122 valence electrons. The van der Waals surface area contributed by atoms with Gasteiger partial charge in [-0.05, 0) is 54.1 Å². The number of hydrogen-bond acceptors (Lipinski definition) is 3. The number of benzene rings is 2. The molecule has 0 aliphatic heterocycles. The summed E-state index contributed by atoms with van der Waals surface area (Å²) in [5.74, 6) is -0.304. The van der Waals surface area contributed by atoms with Crippen molar-refractivity contribution in [1.82, 2.24) is 14.8 Å². The second-order valence-corrected chi connectivity index (χ2v) is 5.75. The van der Waals surface area contributed by atoms with Crippen LogP contribution in [-0.4, -0.2) is 14.8 Å². The maximum atomic E-state index is 13.1. The number of nitrogens with zero attached hydrogens (tertiary/aromatic N) is 3. The molecule has 0 radical (unpaired) electrons. The average molecular weight is 331 g/mol. The van der Waals surface area contributed by atoms with Crippen molar-refractivity contribution in [3.63, 3.8) is 0 Å². The highest BCUT2D eigenvalue weighted by atomic mass is 19.1. The molecule has 0 bridgehead atoms. The first-order valence-electron chi connectivity index (χ1n) is 7.87. The lowest BCUT2D eigenvalue weighted by Crippen LogP contribution is -2.22. The van der Waals surface area contributed by atoms with Gasteiger partial charge in [0.25, 0.3) is 5.56 Å². The molecule has 5 heteroatoms. The third-order valence-corrected chi connectivity index (χ3v) is 4.01. The molecule has 2 heterocycles. The van der Waals surface area contributed by atoms with E-state index in [1.54, 1.807) is 24.4 Å². The van der Waals surface area contributed by atoms with Crippen LogP contribution in [-0.2, 0) is 6.54 Å². The van der Waals surface area contributed by atoms with Crippen LogP contribution < -0.4 is 5.56 Å². The minimum Gasteiger partial charge on any atom is -0.268 e. The Morgan fingerprint density at radius 2 is 1.80 bits per heavy atom. The molecule has 0 N–H and O–H groups in total. The van der Waals surface area contributed by atoms with Crippen LogP contribution in [0.25, 0.3) is 22.2 Å². The lowest BCUT2D eigenvalue weighted by molar-refractivity contribution is 0.627. The smallest absolute Gasteiger partial charge is 0.267 e. The van der Waals surface area contributed by atoms with Crippen LogP contribution in [0.15, 0.2) is 77.7 Å². The molecule has 4 nitrogen and oxygen atoms in total. The average Bonchev–Trinajstić information content (AvgIpc) is 2.64. The minimum absolute atomic E-state index is 0.183. The molecule has 0 aliphatic rings. The standard InChI is InChI=1S/C20H14FN3O/c21-17-6-4-15(5-7-17)19-9-10-20(25)24(23-19)13-14-3-8-18-16(12-14)2-1-11-22-18/h1-12H,13H2. The molecule has 0 saturated heterocycles. The molecule has 0 amide bonds. The van der Waals surface area contributed by atoms with Crippen molar-refractivity contribution in [2.75, 3.05) is 0 Å². The second kappa shape index (κ2) is 6.28. The predicted octanol–water partition coefficient (Wildman–Crippen LogP) is 3.65. The van der Waals surface area contributed by atoms with Crippen LogP contribution in [0.3, 0.4) is 0 Å². The summed E-state index contributed by atoms with van der Waals surface area (Å²) in [6.45, 7) is 0.360. The Hall–Kier alpha value is -3.34. The van der Waals surface area contributed by atoms with E-state index in [1.165, 1.54) is 22.9 Å². The van der Waals surface area contributed by atoms with E-state index in [4.69, 9.17) is 0 Å². The van der Waals surface area contributed by atoms with Crippen LogP contribution in [0.1, 0.15) is 5.56 Å². The van der Waals surface area contributed by atoms with Gasteiger partial charge in [-0.25, -0.2) is 9.07 Å². The Labute approximate surface area is 143 Å². The van der Waals surface area contributed by atoms with E-state index in [-0.39, 0.29) is 11.4 Å². The summed E-state index contributed by atoms with van der Waals surface area (Å²) in [7, 11) is 0. The van der Waals surface area contributed by atoms with Gasteiger partial charge in [0.1, 0.15) is 5.82 Å². The van der Waals surface area contributed by atoms with Crippen molar-refractivity contribution < 1.29 is 4.39 Å². The first kappa shape index (κ1) is 15.2. The lowest BCUT2D eigenvalue weighted by atomic mass is 10.1. The molecule has 0 spiro atoms. The predicted molar refractivity (Wildman–Crippen MR) is 94.7 cm³/mol. The third-order valence-electron chi connectivity index (χ3n) is 4.01. The fourth-order valence-electron chi connectivity index (χ4n) is 2.73. The van der Waals surface area contributed by atoms with Gasteiger partial charge in [0.2, 0.25) is 0 Å². The van der Waals surface area contributed by atoms with Crippen molar-refractivity contribution in [3.8, 4) is 11.3 Å². The topological polar surface area (TPSA) is 47.8 Å². The maximum Gasteiger partial charge on any atom is 0.267 e. The van der Waals surface area contributed by atoms with Crippen molar-refractivity contribution in [1.29, 1.82) is 0 Å². The highest BCUT2D eigenvalue weighted by Crippen LogP contribution is 2.17. The Balaban J connectivity index is 1.70. The zero-order valence-corrected chi connectivity index (χ0v) is 13.3. The number of fused-ring (bicyclic) bond motifs is 1. The molecule has 0 aliphatic carbocycles. The number of aromatic nitrogens is 3. The first-order chi connectivity index (χ1) is 12.2. The number of pyridine rings is 1. The Morgan fingerprint density at radius 1 is 0.960 bits per heavy atom. The largest absolute Gasteiger partial charge is 0.268 e. The van der Waals surface area contributed by atoms with Crippen LogP contribution in [0.2, 0.25) is 0 Å². The summed E-state index contributed by atoms with van der Waals surface area (Å²) < 4.78 is 14.5. The van der Waals surface area contributed by atoms with E-state index in [0.717, 1.165) is 22.0 Å². The van der Waals surface area contributed by atoms with Crippen molar-refractivity contribution in [2.24, 2.45) is 0 Å². The second-order valence-electron chi connectivity index (χ2n) is 5.75. The van der Waals surface area contributed by atoms with Crippen molar-refractivity contribution >= 4 is 10.9 Å². The van der Waals surface area contributed by atoms with E-state index in [9.17, 15) is 9.18 Å². The molecule has 0 saturated carbocycles. The molecule has 4 rings (SSSR count). The lowest BCUT2D eigenvalue weighted by Gasteiger charge is -2.08. The highest BCUT2D eigenvalue weighted by Gasteiger charge is 2.05. The van der Waals surface area contributed by atoms with Gasteiger partial charge in [-0.1, -0.05) is 12.1 Å². The van der Waals surface area contributed by atoms with E-state index >= 15 is 0 Å². The molecule has 2 aromatic heterocycles. The van der Waals surface area contributed by atoms with Gasteiger partial charge in [0.05, 0.1) is 17.8 Å². The van der Waals surface area contributed by atoms with E-state index in [0.29, 0.717) is 12.2 Å². The Bertz CT molecular complexity index is 1100. The van der Waals surface area contributed by atoms with Gasteiger partial charge >= 0.3 is 0 Å². The van der Waals surface area contributed by atoms with Crippen molar-refractivity contribution in [2.45, 2.75) is 6.54 Å². The summed E-state index contributed by atoms with van der Waals surface area (Å²) in [5.41, 5.74) is 3.08. The monoisotopic (exact) mass is 331 g/mol. The zero-order chi connectivity index (χ0) is 17.2. The maximum absolute atomic E-state index is 13.1. The summed E-state index contributed by atoms with van der Waals surface area (Å²) in [5, 5.41) is 5.43. The van der Waals surface area contributed by atoms with Gasteiger partial charge in [-0.3, -0.25) is 9.78 Å². The molecule has 25 heavy (non-hydrogen) atoms. The molecule has 0 atom stereocenters. The number of rotatable bonds is 3. The van der Waals surface area contributed by atoms with E-state index in [1.807, 2.05) is 30.3 Å². The molecular formula is C20H14FN3O. The highest BCUT2D eigenvalue weighted by molar-refractivity contribution is 5.78. The summed E-state index contributed by atoms with van der Waals surface area (Å²) in [4.78, 5) is 16.4. The first-order valence-corrected chi connectivity index (χ1v) is 7.87. The number of halogens is 1. The molecule has 4 aromatic rings. The fourth-order valence-corrected chi connectivity index (χ4v) is 2.73. The quantitative estimate of drug-likeness (QED) is 0.576. The van der Waals surface area contributed by atoms with Crippen LogP contribution in [0, 0.1) is 5.82 Å². The van der Waals surface area contributed by atoms with Crippen LogP contribution >= 0.6 is 0 Å². The van der Waals surface area contributed by atoms with Crippen molar-refractivity contribution in [3.05, 3.63) is 94.7 Å². The zero-order valence-electron chi connectivity index (χ0n) is 13.3. The van der Waals surface area contributed by atoms with E-state index in [2.05, 4.69) is 10.1 Å². The Kier molecular flexibility index (Phi) is 3.82. The molecule has 0 unspecified atom stereocenters. The number of hydrogen-bond donors (Lipinski definition) is 0. The van der Waals surface area contributed by atoms with E-state index < -0.39 is 0 Å².